The topological polar surface area (TPSA) is 63.7 Å². The zero-order valence-corrected chi connectivity index (χ0v) is 13.2. The summed E-state index contributed by atoms with van der Waals surface area (Å²) >= 11 is 1.42. The monoisotopic (exact) mass is 302 g/mol. The largest absolute Gasteiger partial charge is 0.497 e. The van der Waals surface area contributed by atoms with Crippen LogP contribution >= 0.6 is 11.8 Å². The lowest BCUT2D eigenvalue weighted by Crippen LogP contribution is -2.07. The third kappa shape index (κ3) is 3.76. The maximum Gasteiger partial charge on any atom is 0.192 e. The Balaban J connectivity index is 2.37. The summed E-state index contributed by atoms with van der Waals surface area (Å²) in [7, 11) is 1.65. The van der Waals surface area contributed by atoms with Gasteiger partial charge in [-0.15, -0.1) is 10.2 Å². The fraction of sp³-hybridized carbons (Fsp3) is 0.400. The van der Waals surface area contributed by atoms with Crippen molar-refractivity contribution in [3.05, 3.63) is 24.3 Å². The second kappa shape index (κ2) is 7.14. The Morgan fingerprint density at radius 2 is 2.00 bits per heavy atom. The van der Waals surface area contributed by atoms with Crippen LogP contribution in [0.3, 0.4) is 0 Å². The maximum atomic E-state index is 8.74. The molecule has 0 bridgehead atoms. The minimum atomic E-state index is 0.374. The molecule has 0 saturated heterocycles. The first-order valence-corrected chi connectivity index (χ1v) is 7.71. The average molecular weight is 302 g/mol. The van der Waals surface area contributed by atoms with Gasteiger partial charge in [0.15, 0.2) is 11.0 Å². The second-order valence-electron chi connectivity index (χ2n) is 4.99. The molecule has 0 radical (unpaired) electrons. The number of benzene rings is 1. The van der Waals surface area contributed by atoms with Gasteiger partial charge in [0.1, 0.15) is 5.75 Å². The van der Waals surface area contributed by atoms with Crippen molar-refractivity contribution in [2.75, 3.05) is 12.9 Å². The van der Waals surface area contributed by atoms with Crippen LogP contribution in [0.5, 0.6) is 5.75 Å². The van der Waals surface area contributed by atoms with E-state index in [4.69, 9.17) is 10.00 Å². The van der Waals surface area contributed by atoms with Crippen molar-refractivity contribution in [3.8, 4) is 23.2 Å². The van der Waals surface area contributed by atoms with E-state index >= 15 is 0 Å². The Bertz CT molecular complexity index is 628. The van der Waals surface area contributed by atoms with Crippen LogP contribution < -0.4 is 4.74 Å². The molecule has 0 saturated carbocycles. The SMILES string of the molecule is COc1ccc(-c2nnc(SCC#N)n2CC(C)C)cc1. The highest BCUT2D eigenvalue weighted by Crippen LogP contribution is 2.26. The lowest BCUT2D eigenvalue weighted by Gasteiger charge is -2.12. The molecule has 2 rings (SSSR count). The van der Waals surface area contributed by atoms with Gasteiger partial charge in [0.2, 0.25) is 0 Å². The smallest absolute Gasteiger partial charge is 0.192 e. The van der Waals surface area contributed by atoms with Crippen molar-refractivity contribution in [2.45, 2.75) is 25.5 Å². The summed E-state index contributed by atoms with van der Waals surface area (Å²) in [5, 5.41) is 18.0. The van der Waals surface area contributed by atoms with Gasteiger partial charge in [0, 0.05) is 12.1 Å². The van der Waals surface area contributed by atoms with Crippen LogP contribution in [0.4, 0.5) is 0 Å². The first-order valence-electron chi connectivity index (χ1n) is 6.73. The fourth-order valence-electron chi connectivity index (χ4n) is 1.98. The summed E-state index contributed by atoms with van der Waals surface area (Å²) in [5.74, 6) is 2.48. The highest BCUT2D eigenvalue weighted by Gasteiger charge is 2.15. The van der Waals surface area contributed by atoms with Gasteiger partial charge in [-0.05, 0) is 30.2 Å². The predicted molar refractivity (Wildman–Crippen MR) is 83.2 cm³/mol. The van der Waals surface area contributed by atoms with Crippen LogP contribution in [0, 0.1) is 17.2 Å². The Morgan fingerprint density at radius 1 is 1.29 bits per heavy atom. The normalized spacial score (nSPS) is 10.6. The second-order valence-corrected chi connectivity index (χ2v) is 5.93. The molecule has 0 N–H and O–H groups in total. The molecule has 1 heterocycles. The van der Waals surface area contributed by atoms with E-state index in [1.165, 1.54) is 11.8 Å². The molecule has 5 nitrogen and oxygen atoms in total. The van der Waals surface area contributed by atoms with E-state index in [1.807, 2.05) is 24.3 Å². The van der Waals surface area contributed by atoms with Gasteiger partial charge >= 0.3 is 0 Å². The van der Waals surface area contributed by atoms with E-state index in [2.05, 4.69) is 34.7 Å². The molecule has 0 amide bonds. The minimum Gasteiger partial charge on any atom is -0.497 e. The third-order valence-electron chi connectivity index (χ3n) is 2.88. The highest BCUT2D eigenvalue weighted by molar-refractivity contribution is 7.99. The lowest BCUT2D eigenvalue weighted by molar-refractivity contribution is 0.415. The van der Waals surface area contributed by atoms with Gasteiger partial charge < -0.3 is 9.30 Å². The summed E-state index contributed by atoms with van der Waals surface area (Å²) in [6, 6.07) is 9.88. The summed E-state index contributed by atoms with van der Waals surface area (Å²) < 4.78 is 7.25. The molecule has 0 aliphatic rings. The zero-order chi connectivity index (χ0) is 15.2. The molecule has 0 atom stereocenters. The Kier molecular flexibility index (Phi) is 5.23. The van der Waals surface area contributed by atoms with E-state index in [1.54, 1.807) is 7.11 Å². The van der Waals surface area contributed by atoms with Crippen LogP contribution in [0.25, 0.3) is 11.4 Å². The van der Waals surface area contributed by atoms with Gasteiger partial charge in [-0.2, -0.15) is 5.26 Å². The molecule has 0 aliphatic heterocycles. The molecular weight excluding hydrogens is 284 g/mol. The van der Waals surface area contributed by atoms with Gasteiger partial charge in [0.05, 0.1) is 18.9 Å². The minimum absolute atomic E-state index is 0.374. The molecule has 0 aliphatic carbocycles. The molecule has 0 unspecified atom stereocenters. The number of ether oxygens (including phenoxy) is 1. The first kappa shape index (κ1) is 15.4. The van der Waals surface area contributed by atoms with Crippen LogP contribution in [0.15, 0.2) is 29.4 Å². The molecule has 110 valence electrons. The van der Waals surface area contributed by atoms with Crippen LogP contribution in [0.1, 0.15) is 13.8 Å². The molecule has 1 aromatic heterocycles. The summed E-state index contributed by atoms with van der Waals surface area (Å²) in [5.41, 5.74) is 0.993. The van der Waals surface area contributed by atoms with E-state index in [0.717, 1.165) is 28.8 Å². The van der Waals surface area contributed by atoms with E-state index in [9.17, 15) is 0 Å². The van der Waals surface area contributed by atoms with Crippen molar-refractivity contribution in [3.63, 3.8) is 0 Å². The van der Waals surface area contributed by atoms with E-state index < -0.39 is 0 Å². The summed E-state index contributed by atoms with van der Waals surface area (Å²) in [4.78, 5) is 0. The molecule has 0 fully saturated rings. The van der Waals surface area contributed by atoms with Crippen molar-refractivity contribution in [2.24, 2.45) is 5.92 Å². The van der Waals surface area contributed by atoms with Gasteiger partial charge in [-0.25, -0.2) is 0 Å². The maximum absolute atomic E-state index is 8.74. The van der Waals surface area contributed by atoms with Crippen LogP contribution in [-0.4, -0.2) is 27.6 Å². The predicted octanol–water partition coefficient (Wildman–Crippen LogP) is 3.23. The molecule has 0 spiro atoms. The van der Waals surface area contributed by atoms with Gasteiger partial charge in [0.25, 0.3) is 0 Å². The van der Waals surface area contributed by atoms with E-state index in [-0.39, 0.29) is 0 Å². The molecular formula is C15H18N4OS. The van der Waals surface area contributed by atoms with E-state index in [0.29, 0.717) is 11.7 Å². The molecule has 1 aromatic carbocycles. The number of hydrogen-bond acceptors (Lipinski definition) is 5. The van der Waals surface area contributed by atoms with Crippen molar-refractivity contribution < 1.29 is 4.74 Å². The standard InChI is InChI=1S/C15H18N4OS/c1-11(2)10-19-14(17-18-15(19)21-9-8-16)12-4-6-13(20-3)7-5-12/h4-7,11H,9-10H2,1-3H3. The van der Waals surface area contributed by atoms with Gasteiger partial charge in [-0.1, -0.05) is 25.6 Å². The quantitative estimate of drug-likeness (QED) is 0.767. The number of aromatic nitrogens is 3. The molecule has 6 heteroatoms. The third-order valence-corrected chi connectivity index (χ3v) is 3.71. The van der Waals surface area contributed by atoms with Crippen LogP contribution in [-0.2, 0) is 6.54 Å². The summed E-state index contributed by atoms with van der Waals surface area (Å²) in [6.07, 6.45) is 0. The lowest BCUT2D eigenvalue weighted by atomic mass is 10.2. The Morgan fingerprint density at radius 3 is 2.57 bits per heavy atom. The number of hydrogen-bond donors (Lipinski definition) is 0. The van der Waals surface area contributed by atoms with Crippen molar-refractivity contribution in [1.82, 2.24) is 14.8 Å². The number of nitriles is 1. The van der Waals surface area contributed by atoms with Gasteiger partial charge in [-0.3, -0.25) is 0 Å². The highest BCUT2D eigenvalue weighted by atomic mass is 32.2. The number of methoxy groups -OCH3 is 1. The number of nitrogens with zero attached hydrogens (tertiary/aromatic N) is 4. The molecule has 2 aromatic rings. The summed E-state index contributed by atoms with van der Waals surface area (Å²) in [6.45, 7) is 5.12. The number of rotatable bonds is 6. The van der Waals surface area contributed by atoms with Crippen LogP contribution in [0.2, 0.25) is 0 Å². The first-order chi connectivity index (χ1) is 10.2. The number of thioether (sulfide) groups is 1. The Labute approximate surface area is 128 Å². The Hall–Kier alpha value is -2.00. The van der Waals surface area contributed by atoms with Crippen molar-refractivity contribution in [1.29, 1.82) is 5.26 Å². The fourth-order valence-corrected chi connectivity index (χ4v) is 2.58. The zero-order valence-electron chi connectivity index (χ0n) is 12.4. The molecule has 21 heavy (non-hydrogen) atoms. The van der Waals surface area contributed by atoms with Crippen molar-refractivity contribution >= 4 is 11.8 Å². The average Bonchev–Trinajstić information content (AvgIpc) is 2.87.